The largest absolute Gasteiger partial charge is 0.478 e. The maximum absolute atomic E-state index is 13.3. The summed E-state index contributed by atoms with van der Waals surface area (Å²) in [6, 6.07) is 9.16. The SMILES string of the molecule is Cc1ccc(Cl)cc1Nc1ccc(F)c(C(=O)O)c1. The minimum atomic E-state index is -1.30. The fourth-order valence-electron chi connectivity index (χ4n) is 1.65. The molecule has 2 rings (SSSR count). The molecule has 3 nitrogen and oxygen atoms in total. The number of aryl methyl sites for hydroxylation is 1. The molecule has 0 atom stereocenters. The van der Waals surface area contributed by atoms with Crippen molar-refractivity contribution >= 4 is 28.9 Å². The standard InChI is InChI=1S/C14H11ClFNO2/c1-8-2-3-9(15)6-13(8)17-10-4-5-12(16)11(7-10)14(18)19/h2-7,17H,1H3,(H,18,19). The van der Waals surface area contributed by atoms with E-state index in [-0.39, 0.29) is 5.56 Å². The summed E-state index contributed by atoms with van der Waals surface area (Å²) >= 11 is 5.90. The maximum Gasteiger partial charge on any atom is 0.338 e. The van der Waals surface area contributed by atoms with Crippen molar-refractivity contribution in [3.8, 4) is 0 Å². The molecule has 0 bridgehead atoms. The lowest BCUT2D eigenvalue weighted by Gasteiger charge is -2.11. The van der Waals surface area contributed by atoms with Crippen LogP contribution in [-0.4, -0.2) is 11.1 Å². The van der Waals surface area contributed by atoms with Crippen molar-refractivity contribution in [1.29, 1.82) is 0 Å². The van der Waals surface area contributed by atoms with Gasteiger partial charge in [-0.3, -0.25) is 0 Å². The van der Waals surface area contributed by atoms with Crippen molar-refractivity contribution in [2.24, 2.45) is 0 Å². The molecule has 19 heavy (non-hydrogen) atoms. The van der Waals surface area contributed by atoms with Crippen LogP contribution >= 0.6 is 11.6 Å². The van der Waals surface area contributed by atoms with Crippen molar-refractivity contribution < 1.29 is 14.3 Å². The van der Waals surface area contributed by atoms with E-state index in [0.29, 0.717) is 10.7 Å². The Morgan fingerprint density at radius 1 is 1.26 bits per heavy atom. The van der Waals surface area contributed by atoms with Crippen LogP contribution in [0.25, 0.3) is 0 Å². The van der Waals surface area contributed by atoms with Crippen LogP contribution in [0.2, 0.25) is 5.02 Å². The van der Waals surface area contributed by atoms with Crippen LogP contribution < -0.4 is 5.32 Å². The third-order valence-electron chi connectivity index (χ3n) is 2.68. The topological polar surface area (TPSA) is 49.3 Å². The van der Waals surface area contributed by atoms with E-state index in [1.807, 2.05) is 13.0 Å². The molecule has 0 aliphatic rings. The Morgan fingerprint density at radius 3 is 2.68 bits per heavy atom. The third-order valence-corrected chi connectivity index (χ3v) is 2.91. The smallest absolute Gasteiger partial charge is 0.338 e. The minimum Gasteiger partial charge on any atom is -0.478 e. The van der Waals surface area contributed by atoms with Crippen LogP contribution in [0.15, 0.2) is 36.4 Å². The highest BCUT2D eigenvalue weighted by Crippen LogP contribution is 2.25. The summed E-state index contributed by atoms with van der Waals surface area (Å²) in [5.41, 5.74) is 1.81. The fourth-order valence-corrected chi connectivity index (χ4v) is 1.82. The second kappa shape index (κ2) is 5.28. The van der Waals surface area contributed by atoms with Gasteiger partial charge >= 0.3 is 5.97 Å². The van der Waals surface area contributed by atoms with E-state index >= 15 is 0 Å². The Balaban J connectivity index is 2.36. The Kier molecular flexibility index (Phi) is 3.71. The molecule has 2 aromatic rings. The van der Waals surface area contributed by atoms with Gasteiger partial charge in [0.05, 0.1) is 5.56 Å². The summed E-state index contributed by atoms with van der Waals surface area (Å²) in [5.74, 6) is -2.06. The third kappa shape index (κ3) is 3.03. The van der Waals surface area contributed by atoms with Crippen LogP contribution in [-0.2, 0) is 0 Å². The molecule has 98 valence electrons. The highest BCUT2D eigenvalue weighted by Gasteiger charge is 2.11. The number of hydrogen-bond acceptors (Lipinski definition) is 2. The lowest BCUT2D eigenvalue weighted by molar-refractivity contribution is 0.0692. The summed E-state index contributed by atoms with van der Waals surface area (Å²) in [7, 11) is 0. The maximum atomic E-state index is 13.3. The van der Waals surface area contributed by atoms with Crippen molar-refractivity contribution in [1.82, 2.24) is 0 Å². The van der Waals surface area contributed by atoms with Gasteiger partial charge in [-0.1, -0.05) is 17.7 Å². The zero-order valence-electron chi connectivity index (χ0n) is 10.1. The van der Waals surface area contributed by atoms with Gasteiger partial charge in [-0.2, -0.15) is 0 Å². The van der Waals surface area contributed by atoms with Crippen molar-refractivity contribution in [2.45, 2.75) is 6.92 Å². The van der Waals surface area contributed by atoms with Gasteiger partial charge in [-0.15, -0.1) is 0 Å². The average Bonchev–Trinajstić information content (AvgIpc) is 2.36. The Hall–Kier alpha value is -2.07. The molecule has 0 amide bonds. The lowest BCUT2D eigenvalue weighted by atomic mass is 10.1. The van der Waals surface area contributed by atoms with Crippen LogP contribution in [0.4, 0.5) is 15.8 Å². The Bertz CT molecular complexity index is 643. The molecule has 2 N–H and O–H groups in total. The number of halogens is 2. The fraction of sp³-hybridized carbons (Fsp3) is 0.0714. The molecule has 0 fully saturated rings. The number of carbonyl (C=O) groups is 1. The van der Waals surface area contributed by atoms with Crippen molar-refractivity contribution in [3.05, 3.63) is 58.4 Å². The first kappa shape index (κ1) is 13.4. The molecule has 0 heterocycles. The molecular formula is C14H11ClFNO2. The van der Waals surface area contributed by atoms with Gasteiger partial charge in [-0.05, 0) is 42.8 Å². The Labute approximate surface area is 114 Å². The molecular weight excluding hydrogens is 269 g/mol. The normalized spacial score (nSPS) is 10.3. The molecule has 0 radical (unpaired) electrons. The minimum absolute atomic E-state index is 0.371. The van der Waals surface area contributed by atoms with Crippen LogP contribution in [0.5, 0.6) is 0 Å². The van der Waals surface area contributed by atoms with E-state index in [2.05, 4.69) is 5.32 Å². The highest BCUT2D eigenvalue weighted by atomic mass is 35.5. The quantitative estimate of drug-likeness (QED) is 0.884. The molecule has 5 heteroatoms. The van der Waals surface area contributed by atoms with E-state index in [0.717, 1.165) is 17.3 Å². The average molecular weight is 280 g/mol. The number of carboxylic acids is 1. The van der Waals surface area contributed by atoms with E-state index in [1.165, 1.54) is 12.1 Å². The predicted molar refractivity (Wildman–Crippen MR) is 72.8 cm³/mol. The van der Waals surface area contributed by atoms with Gasteiger partial charge in [-0.25, -0.2) is 9.18 Å². The summed E-state index contributed by atoms with van der Waals surface area (Å²) in [4.78, 5) is 10.9. The zero-order chi connectivity index (χ0) is 14.0. The summed E-state index contributed by atoms with van der Waals surface area (Å²) in [5, 5.41) is 12.5. The van der Waals surface area contributed by atoms with Crippen LogP contribution in [0.1, 0.15) is 15.9 Å². The van der Waals surface area contributed by atoms with Crippen LogP contribution in [0, 0.1) is 12.7 Å². The Morgan fingerprint density at radius 2 is 2.00 bits per heavy atom. The first-order chi connectivity index (χ1) is 8.97. The number of carboxylic acid groups (broad SMARTS) is 1. The lowest BCUT2D eigenvalue weighted by Crippen LogP contribution is -2.02. The van der Waals surface area contributed by atoms with E-state index in [1.54, 1.807) is 12.1 Å². The van der Waals surface area contributed by atoms with E-state index < -0.39 is 11.8 Å². The van der Waals surface area contributed by atoms with Crippen molar-refractivity contribution in [2.75, 3.05) is 5.32 Å². The molecule has 0 aliphatic heterocycles. The second-order valence-electron chi connectivity index (χ2n) is 4.08. The number of benzene rings is 2. The highest BCUT2D eigenvalue weighted by molar-refractivity contribution is 6.30. The van der Waals surface area contributed by atoms with Gasteiger partial charge in [0.2, 0.25) is 0 Å². The summed E-state index contributed by atoms with van der Waals surface area (Å²) in [6.07, 6.45) is 0. The molecule has 0 saturated carbocycles. The van der Waals surface area contributed by atoms with Gasteiger partial charge in [0.15, 0.2) is 0 Å². The number of aromatic carboxylic acids is 1. The summed E-state index contributed by atoms with van der Waals surface area (Å²) < 4.78 is 13.3. The van der Waals surface area contributed by atoms with Crippen LogP contribution in [0.3, 0.4) is 0 Å². The summed E-state index contributed by atoms with van der Waals surface area (Å²) in [6.45, 7) is 1.89. The van der Waals surface area contributed by atoms with Gasteiger partial charge in [0.25, 0.3) is 0 Å². The van der Waals surface area contributed by atoms with Gasteiger partial charge in [0, 0.05) is 16.4 Å². The van der Waals surface area contributed by atoms with Crippen molar-refractivity contribution in [3.63, 3.8) is 0 Å². The number of nitrogens with one attached hydrogen (secondary N) is 1. The molecule has 0 aliphatic carbocycles. The van der Waals surface area contributed by atoms with E-state index in [9.17, 15) is 9.18 Å². The molecule has 0 spiro atoms. The van der Waals surface area contributed by atoms with E-state index in [4.69, 9.17) is 16.7 Å². The molecule has 0 unspecified atom stereocenters. The number of hydrogen-bond donors (Lipinski definition) is 2. The van der Waals surface area contributed by atoms with Gasteiger partial charge < -0.3 is 10.4 Å². The second-order valence-corrected chi connectivity index (χ2v) is 4.52. The monoisotopic (exact) mass is 279 g/mol. The molecule has 0 aromatic heterocycles. The first-order valence-electron chi connectivity index (χ1n) is 5.53. The number of anilines is 2. The number of rotatable bonds is 3. The molecule has 0 saturated heterocycles. The van der Waals surface area contributed by atoms with Gasteiger partial charge in [0.1, 0.15) is 5.82 Å². The first-order valence-corrected chi connectivity index (χ1v) is 5.91. The molecule has 2 aromatic carbocycles. The zero-order valence-corrected chi connectivity index (χ0v) is 10.8. The predicted octanol–water partition coefficient (Wildman–Crippen LogP) is 4.23.